The minimum absolute atomic E-state index is 0. The van der Waals surface area contributed by atoms with Gasteiger partial charge in [-0.15, -0.1) is 11.6 Å². The maximum Gasteiger partial charge on any atom is 0.0474 e. The Morgan fingerprint density at radius 1 is 0.500 bits per heavy atom. The molecule has 0 spiro atoms. The van der Waals surface area contributed by atoms with Gasteiger partial charge < -0.3 is 0 Å². The van der Waals surface area contributed by atoms with Gasteiger partial charge in [0, 0.05) is 4.87 Å². The third-order valence-corrected chi connectivity index (χ3v) is 7.71. The van der Waals surface area contributed by atoms with Crippen molar-refractivity contribution in [3.05, 3.63) is 0 Å². The van der Waals surface area contributed by atoms with E-state index >= 15 is 0 Å². The largest absolute Gasteiger partial charge is 0.153 e. The number of rotatable bonds is 23. The Bertz CT molecular complexity index is 302. The predicted octanol–water partition coefficient (Wildman–Crippen LogP) is 11.3. The lowest BCUT2D eigenvalue weighted by molar-refractivity contribution is 0.277. The summed E-state index contributed by atoms with van der Waals surface area (Å²) in [6.07, 6.45) is 30.1. The Hall–Kier alpha value is 0.720. The molecule has 2 atom stereocenters. The van der Waals surface area contributed by atoms with Gasteiger partial charge in [0.05, 0.1) is 0 Å². The summed E-state index contributed by atoms with van der Waals surface area (Å²) in [5.41, 5.74) is 0. The highest BCUT2D eigenvalue weighted by Crippen LogP contribution is 2.41. The van der Waals surface area contributed by atoms with Crippen molar-refractivity contribution < 1.29 is 0 Å². The van der Waals surface area contributed by atoms with E-state index in [-0.39, 0.29) is 14.8 Å². The van der Waals surface area contributed by atoms with Crippen molar-refractivity contribution in [3.63, 3.8) is 0 Å². The second-order valence-electron chi connectivity index (χ2n) is 9.73. The average molecular weight is 463 g/mol. The molecule has 0 aliphatic carbocycles. The lowest BCUT2D eigenvalue weighted by Gasteiger charge is -2.36. The minimum atomic E-state index is 0. The van der Waals surface area contributed by atoms with E-state index in [4.69, 9.17) is 11.6 Å². The molecule has 2 heteroatoms. The molecule has 2 unspecified atom stereocenters. The zero-order valence-electron chi connectivity index (χ0n) is 21.7. The van der Waals surface area contributed by atoms with E-state index in [0.717, 1.165) is 5.92 Å². The third kappa shape index (κ3) is 18.3. The summed E-state index contributed by atoms with van der Waals surface area (Å²) in [5, 5.41) is 0. The van der Waals surface area contributed by atoms with Crippen LogP contribution < -0.4 is 0 Å². The Balaban J connectivity index is 0. The number of unbranched alkanes of at least 4 members (excludes halogenated alkanes) is 15. The highest BCUT2D eigenvalue weighted by Gasteiger charge is 2.34. The van der Waals surface area contributed by atoms with Gasteiger partial charge in [0.15, 0.2) is 0 Å². The first-order valence-corrected chi connectivity index (χ1v) is 14.2. The van der Waals surface area contributed by atoms with Gasteiger partial charge in [0.2, 0.25) is 0 Å². The van der Waals surface area contributed by atoms with Crippen LogP contribution in [-0.2, 0) is 0 Å². The standard InChI is InChI=1S/C28H57Cl.H3P/c1-5-9-12-15-18-21-24-27(8-4)28(29,25-22-19-16-13-10-6-2)26-23-20-17-14-11-7-3;/h27H,5-26H2,1-4H3;1H3. The summed E-state index contributed by atoms with van der Waals surface area (Å²) in [6, 6.07) is 0. The van der Waals surface area contributed by atoms with Crippen LogP contribution in [0.5, 0.6) is 0 Å². The molecule has 0 rings (SSSR count). The molecule has 0 bridgehead atoms. The van der Waals surface area contributed by atoms with Crippen molar-refractivity contribution in [2.45, 2.75) is 174 Å². The summed E-state index contributed by atoms with van der Waals surface area (Å²) in [7, 11) is 0. The summed E-state index contributed by atoms with van der Waals surface area (Å²) in [6.45, 7) is 9.30. The van der Waals surface area contributed by atoms with Gasteiger partial charge in [-0.2, -0.15) is 9.90 Å². The topological polar surface area (TPSA) is 0 Å². The second-order valence-corrected chi connectivity index (χ2v) is 10.5. The van der Waals surface area contributed by atoms with Crippen LogP contribution in [0.15, 0.2) is 0 Å². The summed E-state index contributed by atoms with van der Waals surface area (Å²) < 4.78 is 0. The van der Waals surface area contributed by atoms with Crippen molar-refractivity contribution in [3.8, 4) is 0 Å². The zero-order chi connectivity index (χ0) is 21.6. The predicted molar refractivity (Wildman–Crippen MR) is 147 cm³/mol. The number of alkyl halides is 1. The monoisotopic (exact) mass is 462 g/mol. The van der Waals surface area contributed by atoms with Crippen LogP contribution >= 0.6 is 21.5 Å². The van der Waals surface area contributed by atoms with Gasteiger partial charge in [-0.05, 0) is 25.2 Å². The van der Waals surface area contributed by atoms with Crippen LogP contribution in [0.3, 0.4) is 0 Å². The van der Waals surface area contributed by atoms with Crippen molar-refractivity contribution in [2.24, 2.45) is 5.92 Å². The van der Waals surface area contributed by atoms with Crippen LogP contribution in [0.25, 0.3) is 0 Å². The molecular weight excluding hydrogens is 403 g/mol. The van der Waals surface area contributed by atoms with E-state index in [1.54, 1.807) is 0 Å². The molecule has 0 aliphatic heterocycles. The fourth-order valence-electron chi connectivity index (χ4n) is 4.93. The molecule has 0 fully saturated rings. The molecular formula is C28H60ClP. The first-order valence-electron chi connectivity index (χ1n) is 13.8. The summed E-state index contributed by atoms with van der Waals surface area (Å²) in [5.74, 6) is 0.724. The van der Waals surface area contributed by atoms with Crippen LogP contribution in [-0.4, -0.2) is 4.87 Å². The summed E-state index contributed by atoms with van der Waals surface area (Å²) in [4.78, 5) is 0.0771. The maximum atomic E-state index is 7.45. The molecule has 0 nitrogen and oxygen atoms in total. The van der Waals surface area contributed by atoms with Crippen LogP contribution in [0.2, 0.25) is 0 Å². The molecule has 0 amide bonds. The minimum Gasteiger partial charge on any atom is -0.153 e. The van der Waals surface area contributed by atoms with Crippen LogP contribution in [0.1, 0.15) is 169 Å². The van der Waals surface area contributed by atoms with Crippen molar-refractivity contribution in [1.29, 1.82) is 0 Å². The molecule has 0 N–H and O–H groups in total. The van der Waals surface area contributed by atoms with E-state index in [1.165, 1.54) is 141 Å². The van der Waals surface area contributed by atoms with E-state index in [9.17, 15) is 0 Å². The smallest absolute Gasteiger partial charge is 0.0474 e. The van der Waals surface area contributed by atoms with E-state index in [0.29, 0.717) is 0 Å². The normalized spacial score (nSPS) is 12.7. The van der Waals surface area contributed by atoms with Gasteiger partial charge in [-0.25, -0.2) is 0 Å². The third-order valence-electron chi connectivity index (χ3n) is 7.02. The Labute approximate surface area is 201 Å². The van der Waals surface area contributed by atoms with E-state index < -0.39 is 0 Å². The lowest BCUT2D eigenvalue weighted by atomic mass is 9.78. The maximum absolute atomic E-state index is 7.45. The fourth-order valence-corrected chi connectivity index (χ4v) is 5.46. The molecule has 0 saturated carbocycles. The van der Waals surface area contributed by atoms with Crippen LogP contribution in [0.4, 0.5) is 0 Å². The van der Waals surface area contributed by atoms with Crippen molar-refractivity contribution in [2.75, 3.05) is 0 Å². The molecule has 0 aromatic carbocycles. The number of hydrogen-bond donors (Lipinski definition) is 0. The number of halogens is 1. The molecule has 0 aromatic heterocycles. The highest BCUT2D eigenvalue weighted by molar-refractivity contribution is 6.92. The van der Waals surface area contributed by atoms with E-state index in [1.807, 2.05) is 0 Å². The van der Waals surface area contributed by atoms with Gasteiger partial charge in [0.1, 0.15) is 0 Å². The van der Waals surface area contributed by atoms with Gasteiger partial charge in [-0.1, -0.05) is 150 Å². The van der Waals surface area contributed by atoms with Crippen molar-refractivity contribution >= 4 is 21.5 Å². The molecule has 0 aromatic rings. The van der Waals surface area contributed by atoms with Gasteiger partial charge in [0.25, 0.3) is 0 Å². The quantitative estimate of drug-likeness (QED) is 0.0803. The molecule has 30 heavy (non-hydrogen) atoms. The first-order chi connectivity index (χ1) is 14.1. The second kappa shape index (κ2) is 24.4. The summed E-state index contributed by atoms with van der Waals surface area (Å²) >= 11 is 7.45. The van der Waals surface area contributed by atoms with Gasteiger partial charge in [-0.3, -0.25) is 0 Å². The zero-order valence-corrected chi connectivity index (χ0v) is 23.9. The van der Waals surface area contributed by atoms with Crippen LogP contribution in [0, 0.1) is 5.92 Å². The Morgan fingerprint density at radius 3 is 1.20 bits per heavy atom. The van der Waals surface area contributed by atoms with E-state index in [2.05, 4.69) is 27.7 Å². The molecule has 0 heterocycles. The number of hydrogen-bond acceptors (Lipinski definition) is 0. The molecule has 184 valence electrons. The molecule has 0 saturated heterocycles. The SMILES string of the molecule is CCCCCCCCC(CC)C(Cl)(CCCCCCCC)CCCCCCCC.P. The Kier molecular flexibility index (Phi) is 26.7. The first kappa shape index (κ1) is 32.9. The van der Waals surface area contributed by atoms with Gasteiger partial charge >= 0.3 is 0 Å². The molecule has 0 aliphatic rings. The molecule has 0 radical (unpaired) electrons. The lowest BCUT2D eigenvalue weighted by Crippen LogP contribution is -2.32. The fraction of sp³-hybridized carbons (Fsp3) is 1.00. The Morgan fingerprint density at radius 2 is 0.833 bits per heavy atom. The highest BCUT2D eigenvalue weighted by atomic mass is 35.5. The van der Waals surface area contributed by atoms with Crippen molar-refractivity contribution in [1.82, 2.24) is 0 Å². The average Bonchev–Trinajstić information content (AvgIpc) is 2.72.